The summed E-state index contributed by atoms with van der Waals surface area (Å²) >= 11 is 0. The molecule has 0 aromatic heterocycles. The molecule has 4 heteroatoms. The first kappa shape index (κ1) is 21.3. The van der Waals surface area contributed by atoms with Crippen molar-refractivity contribution in [1.29, 1.82) is 0 Å². The normalized spacial score (nSPS) is 12.2. The Morgan fingerprint density at radius 3 is 2.34 bits per heavy atom. The van der Waals surface area contributed by atoms with E-state index in [1.165, 1.54) is 10.8 Å². The lowest BCUT2D eigenvalue weighted by Crippen LogP contribution is -2.42. The highest BCUT2D eigenvalue weighted by atomic mass is 28.4. The van der Waals surface area contributed by atoms with Gasteiger partial charge >= 0.3 is 0 Å². The van der Waals surface area contributed by atoms with Crippen LogP contribution in [0.1, 0.15) is 36.7 Å². The van der Waals surface area contributed by atoms with Gasteiger partial charge in [-0.25, -0.2) is 0 Å². The maximum Gasteiger partial charge on any atom is 0.192 e. The first-order chi connectivity index (χ1) is 13.7. The molecule has 3 aromatic carbocycles. The van der Waals surface area contributed by atoms with Crippen molar-refractivity contribution >= 4 is 24.9 Å². The van der Waals surface area contributed by atoms with E-state index in [1.807, 2.05) is 30.3 Å². The lowest BCUT2D eigenvalue weighted by Gasteiger charge is -2.35. The largest absolute Gasteiger partial charge is 0.489 e. The molecule has 3 nitrogen and oxygen atoms in total. The lowest BCUT2D eigenvalue weighted by molar-refractivity contribution is 0.0910. The van der Waals surface area contributed by atoms with Crippen LogP contribution in [0, 0.1) is 0 Å². The molecule has 0 unspecified atom stereocenters. The van der Waals surface area contributed by atoms with Crippen LogP contribution < -0.4 is 4.74 Å². The maximum absolute atomic E-state index is 12.6. The number of fused-ring (bicyclic) bond motifs is 1. The number of carbonyl (C=O) groups is 1. The Hall–Kier alpha value is -2.43. The number of hydrogen-bond acceptors (Lipinski definition) is 3. The number of ether oxygens (including phenoxy) is 1. The van der Waals surface area contributed by atoms with Crippen molar-refractivity contribution < 1.29 is 14.0 Å². The van der Waals surface area contributed by atoms with Crippen molar-refractivity contribution in [3.63, 3.8) is 0 Å². The topological polar surface area (TPSA) is 35.5 Å². The van der Waals surface area contributed by atoms with Gasteiger partial charge in [-0.15, -0.1) is 0 Å². The molecule has 0 bridgehead atoms. The lowest BCUT2D eigenvalue weighted by atomic mass is 10.1. The molecule has 0 radical (unpaired) electrons. The number of ketones is 1. The summed E-state index contributed by atoms with van der Waals surface area (Å²) in [5.74, 6) is 0.683. The molecule has 0 saturated carbocycles. The third-order valence-electron chi connectivity index (χ3n) is 5.75. The maximum atomic E-state index is 12.6. The Labute approximate surface area is 174 Å². The Kier molecular flexibility index (Phi) is 6.25. The highest BCUT2D eigenvalue weighted by Crippen LogP contribution is 2.36. The summed E-state index contributed by atoms with van der Waals surface area (Å²) in [5, 5.41) is 2.49. The highest BCUT2D eigenvalue weighted by molar-refractivity contribution is 6.74. The third kappa shape index (κ3) is 5.34. The average molecular weight is 407 g/mol. The van der Waals surface area contributed by atoms with Gasteiger partial charge in [-0.2, -0.15) is 0 Å². The first-order valence-corrected chi connectivity index (χ1v) is 12.9. The Balaban J connectivity index is 1.63. The molecule has 3 rings (SSSR count). The molecule has 3 aromatic rings. The van der Waals surface area contributed by atoms with Gasteiger partial charge in [0.25, 0.3) is 0 Å². The molecular formula is C25H30O3Si. The van der Waals surface area contributed by atoms with Gasteiger partial charge in [-0.3, -0.25) is 4.79 Å². The van der Waals surface area contributed by atoms with E-state index in [0.717, 1.165) is 5.56 Å². The smallest absolute Gasteiger partial charge is 0.192 e. The quantitative estimate of drug-likeness (QED) is 0.326. The molecule has 0 spiro atoms. The summed E-state index contributed by atoms with van der Waals surface area (Å²) in [4.78, 5) is 12.6. The van der Waals surface area contributed by atoms with E-state index in [1.54, 1.807) is 6.07 Å². The van der Waals surface area contributed by atoms with Crippen molar-refractivity contribution in [3.05, 3.63) is 77.9 Å². The van der Waals surface area contributed by atoms with Crippen LogP contribution in [0.15, 0.2) is 66.7 Å². The molecule has 152 valence electrons. The summed E-state index contributed by atoms with van der Waals surface area (Å²) < 4.78 is 12.0. The predicted octanol–water partition coefficient (Wildman–Crippen LogP) is 6.62. The van der Waals surface area contributed by atoms with Crippen molar-refractivity contribution in [2.75, 3.05) is 6.61 Å². The summed E-state index contributed by atoms with van der Waals surface area (Å²) in [6.45, 7) is 11.4. The summed E-state index contributed by atoms with van der Waals surface area (Å²) in [6.07, 6.45) is 0. The predicted molar refractivity (Wildman–Crippen MR) is 122 cm³/mol. The van der Waals surface area contributed by atoms with Crippen LogP contribution in [0.25, 0.3) is 10.8 Å². The minimum absolute atomic E-state index is 0.00835. The van der Waals surface area contributed by atoms with Gasteiger partial charge in [0, 0.05) is 5.56 Å². The molecule has 0 heterocycles. The standard InChI is InChI=1S/C25H30O3Si/c1-25(2,3)29(4,5)28-18-24(26)22-11-8-12-23(16-22)27-17-19-13-14-20-9-6-7-10-21(20)15-19/h6-16H,17-18H2,1-5H3. The molecule has 0 saturated heterocycles. The number of rotatable bonds is 7. The monoisotopic (exact) mass is 406 g/mol. The van der Waals surface area contributed by atoms with Crippen molar-refractivity contribution in [3.8, 4) is 5.75 Å². The van der Waals surface area contributed by atoms with Crippen LogP contribution in [0.3, 0.4) is 0 Å². The first-order valence-electron chi connectivity index (χ1n) is 10.0. The number of hydrogen-bond donors (Lipinski definition) is 0. The molecule has 29 heavy (non-hydrogen) atoms. The van der Waals surface area contributed by atoms with E-state index in [9.17, 15) is 4.79 Å². The SMILES string of the molecule is CC(C)(C)[Si](C)(C)OCC(=O)c1cccc(OCc2ccc3ccccc3c2)c1. The fourth-order valence-electron chi connectivity index (χ4n) is 2.80. The van der Waals surface area contributed by atoms with Gasteiger partial charge in [0.1, 0.15) is 12.4 Å². The third-order valence-corrected chi connectivity index (χ3v) is 10.2. The van der Waals surface area contributed by atoms with Crippen LogP contribution in [0.4, 0.5) is 0 Å². The zero-order valence-electron chi connectivity index (χ0n) is 18.0. The van der Waals surface area contributed by atoms with E-state index in [0.29, 0.717) is 17.9 Å². The minimum Gasteiger partial charge on any atom is -0.489 e. The Morgan fingerprint density at radius 1 is 0.897 bits per heavy atom. The van der Waals surface area contributed by atoms with Crippen molar-refractivity contribution in [1.82, 2.24) is 0 Å². The van der Waals surface area contributed by atoms with Crippen LogP contribution >= 0.6 is 0 Å². The molecule has 0 aliphatic rings. The van der Waals surface area contributed by atoms with Gasteiger partial charge in [-0.1, -0.05) is 69.3 Å². The van der Waals surface area contributed by atoms with Gasteiger partial charge in [0.15, 0.2) is 14.1 Å². The van der Waals surface area contributed by atoms with E-state index >= 15 is 0 Å². The summed E-state index contributed by atoms with van der Waals surface area (Å²) in [7, 11) is -1.95. The van der Waals surface area contributed by atoms with Crippen LogP contribution in [0.2, 0.25) is 18.1 Å². The molecule has 0 fully saturated rings. The van der Waals surface area contributed by atoms with Gasteiger partial charge in [0.05, 0.1) is 6.61 Å². The minimum atomic E-state index is -1.95. The van der Waals surface area contributed by atoms with Crippen molar-refractivity contribution in [2.24, 2.45) is 0 Å². The molecule has 0 amide bonds. The van der Waals surface area contributed by atoms with Crippen LogP contribution in [-0.2, 0) is 11.0 Å². The van der Waals surface area contributed by atoms with E-state index in [2.05, 4.69) is 64.2 Å². The Bertz CT molecular complexity index is 1000. The van der Waals surface area contributed by atoms with Gasteiger partial charge in [-0.05, 0) is 52.7 Å². The molecule has 0 aliphatic carbocycles. The van der Waals surface area contributed by atoms with E-state index in [4.69, 9.17) is 9.16 Å². The zero-order chi connectivity index (χ0) is 21.1. The van der Waals surface area contributed by atoms with Crippen LogP contribution in [0.5, 0.6) is 5.75 Å². The fraction of sp³-hybridized carbons (Fsp3) is 0.320. The second-order valence-corrected chi connectivity index (χ2v) is 13.8. The Morgan fingerprint density at radius 2 is 1.62 bits per heavy atom. The summed E-state index contributed by atoms with van der Waals surface area (Å²) in [6, 6.07) is 21.9. The van der Waals surface area contributed by atoms with Gasteiger partial charge < -0.3 is 9.16 Å². The van der Waals surface area contributed by atoms with Crippen LogP contribution in [-0.4, -0.2) is 20.7 Å². The highest BCUT2D eigenvalue weighted by Gasteiger charge is 2.37. The fourth-order valence-corrected chi connectivity index (χ4v) is 3.73. The average Bonchev–Trinajstić information content (AvgIpc) is 2.69. The molecule has 0 aliphatic heterocycles. The summed E-state index contributed by atoms with van der Waals surface area (Å²) in [5.41, 5.74) is 1.72. The molecule has 0 atom stereocenters. The second kappa shape index (κ2) is 8.52. The number of benzene rings is 3. The van der Waals surface area contributed by atoms with Gasteiger partial charge in [0.2, 0.25) is 0 Å². The molecule has 0 N–H and O–H groups in total. The van der Waals surface area contributed by atoms with E-state index < -0.39 is 8.32 Å². The second-order valence-electron chi connectivity index (χ2n) is 8.97. The molecular weight excluding hydrogens is 376 g/mol. The number of Topliss-reactive ketones (excluding diaryl/α,β-unsaturated/α-hetero) is 1. The van der Waals surface area contributed by atoms with E-state index in [-0.39, 0.29) is 17.4 Å². The van der Waals surface area contributed by atoms with Crippen molar-refractivity contribution in [2.45, 2.75) is 45.5 Å². The number of carbonyl (C=O) groups excluding carboxylic acids is 1. The zero-order valence-corrected chi connectivity index (χ0v) is 19.0.